The molecule has 11 heteroatoms. The van der Waals surface area contributed by atoms with Crippen LogP contribution in [0.5, 0.6) is 11.8 Å². The Balaban J connectivity index is 1.31. The molecule has 2 fully saturated rings. The van der Waals surface area contributed by atoms with E-state index in [0.29, 0.717) is 30.0 Å². The van der Waals surface area contributed by atoms with Gasteiger partial charge in [-0.25, -0.2) is 14.1 Å². The van der Waals surface area contributed by atoms with Gasteiger partial charge in [0.05, 0.1) is 11.9 Å². The number of nitrogens with zero attached hydrogens (tertiary/aromatic N) is 7. The number of hydrogen-bond acceptors (Lipinski definition) is 9. The zero-order valence-corrected chi connectivity index (χ0v) is 20.6. The predicted octanol–water partition coefficient (Wildman–Crippen LogP) is 3.01. The molecule has 2 saturated heterocycles. The molecule has 5 heterocycles. The van der Waals surface area contributed by atoms with Crippen molar-refractivity contribution in [2.75, 3.05) is 36.9 Å². The standard InChI is InChI=1S/C26H26FN9O/c1-28-21-6-16(27)5-20-19(21)7-22-23(20)25(36-11-14-3-17(12-36)30-8-14)34-26(33-22)37-18-4-15(9-29-10-18)24-31-13-32-35(24)2/h4-6,9-10,13-14,17,28,30H,3,7-8,11-12H2,1-2H3. The molecule has 3 aromatic heterocycles. The lowest BCUT2D eigenvalue weighted by Gasteiger charge is -2.33. The van der Waals surface area contributed by atoms with Crippen LogP contribution in [0.2, 0.25) is 0 Å². The molecular weight excluding hydrogens is 473 g/mol. The SMILES string of the molecule is CNc1cc(F)cc2c1Cc1nc(Oc3cncc(-c4ncnn4C)c3)nc(N3CC4CNC(C4)C3)c1-2. The summed E-state index contributed by atoms with van der Waals surface area (Å²) in [6.45, 7) is 2.73. The van der Waals surface area contributed by atoms with Crippen LogP contribution in [-0.4, -0.2) is 62.4 Å². The first-order chi connectivity index (χ1) is 18.1. The molecule has 2 unspecified atom stereocenters. The summed E-state index contributed by atoms with van der Waals surface area (Å²) < 4.78 is 22.5. The maximum absolute atomic E-state index is 14.6. The number of hydrogen-bond donors (Lipinski definition) is 2. The van der Waals surface area contributed by atoms with Crippen LogP contribution < -0.4 is 20.3 Å². The maximum Gasteiger partial charge on any atom is 0.324 e. The van der Waals surface area contributed by atoms with Crippen molar-refractivity contribution >= 4 is 11.5 Å². The van der Waals surface area contributed by atoms with Gasteiger partial charge in [0, 0.05) is 69.2 Å². The lowest BCUT2D eigenvalue weighted by molar-refractivity contribution is 0.433. The second-order valence-electron chi connectivity index (χ2n) is 9.89. The zero-order valence-electron chi connectivity index (χ0n) is 20.6. The molecule has 7 rings (SSSR count). The fraction of sp³-hybridized carbons (Fsp3) is 0.346. The Morgan fingerprint density at radius 2 is 2.08 bits per heavy atom. The molecule has 2 atom stereocenters. The van der Waals surface area contributed by atoms with Crippen LogP contribution in [0.1, 0.15) is 17.7 Å². The van der Waals surface area contributed by atoms with Crippen molar-refractivity contribution in [1.29, 1.82) is 0 Å². The van der Waals surface area contributed by atoms with Gasteiger partial charge in [0.25, 0.3) is 0 Å². The van der Waals surface area contributed by atoms with E-state index in [0.717, 1.165) is 59.1 Å². The molecule has 2 N–H and O–H groups in total. The van der Waals surface area contributed by atoms with Gasteiger partial charge in [-0.05, 0) is 41.7 Å². The number of halogens is 1. The van der Waals surface area contributed by atoms with Crippen LogP contribution in [-0.2, 0) is 13.5 Å². The summed E-state index contributed by atoms with van der Waals surface area (Å²) in [5, 5.41) is 10.9. The van der Waals surface area contributed by atoms with Crippen LogP contribution in [0, 0.1) is 11.7 Å². The zero-order chi connectivity index (χ0) is 25.1. The Kier molecular flexibility index (Phi) is 5.07. The highest BCUT2D eigenvalue weighted by molar-refractivity contribution is 5.88. The number of nitrogens with one attached hydrogen (secondary N) is 2. The molecular formula is C26H26FN9O. The number of fused-ring (bicyclic) bond motifs is 5. The molecule has 0 amide bonds. The summed E-state index contributed by atoms with van der Waals surface area (Å²) in [5.41, 5.74) is 5.14. The predicted molar refractivity (Wildman–Crippen MR) is 136 cm³/mol. The molecule has 37 heavy (non-hydrogen) atoms. The van der Waals surface area contributed by atoms with Crippen molar-refractivity contribution in [3.05, 3.63) is 54.0 Å². The smallest absolute Gasteiger partial charge is 0.324 e. The van der Waals surface area contributed by atoms with Crippen molar-refractivity contribution in [2.24, 2.45) is 13.0 Å². The highest BCUT2D eigenvalue weighted by Crippen LogP contribution is 2.46. The number of aromatic nitrogens is 6. The van der Waals surface area contributed by atoms with Crippen molar-refractivity contribution in [2.45, 2.75) is 18.9 Å². The van der Waals surface area contributed by atoms with E-state index in [4.69, 9.17) is 14.7 Å². The summed E-state index contributed by atoms with van der Waals surface area (Å²) in [5.74, 6) is 2.25. The minimum atomic E-state index is -0.283. The molecule has 1 aliphatic carbocycles. The van der Waals surface area contributed by atoms with Crippen molar-refractivity contribution in [1.82, 2.24) is 35.0 Å². The molecule has 188 valence electrons. The summed E-state index contributed by atoms with van der Waals surface area (Å²) in [7, 11) is 3.64. The number of piperidine rings is 1. The van der Waals surface area contributed by atoms with E-state index < -0.39 is 0 Å². The molecule has 2 bridgehead atoms. The van der Waals surface area contributed by atoms with Gasteiger partial charge in [0.2, 0.25) is 0 Å². The van der Waals surface area contributed by atoms with Gasteiger partial charge in [0.15, 0.2) is 5.82 Å². The molecule has 0 saturated carbocycles. The second-order valence-corrected chi connectivity index (χ2v) is 9.89. The molecule has 1 aromatic carbocycles. The van der Waals surface area contributed by atoms with Crippen LogP contribution in [0.15, 0.2) is 36.9 Å². The van der Waals surface area contributed by atoms with Crippen molar-refractivity contribution < 1.29 is 9.13 Å². The highest BCUT2D eigenvalue weighted by atomic mass is 19.1. The monoisotopic (exact) mass is 499 g/mol. The molecule has 2 aliphatic heterocycles. The van der Waals surface area contributed by atoms with E-state index in [-0.39, 0.29) is 11.8 Å². The molecule has 3 aliphatic rings. The van der Waals surface area contributed by atoms with Gasteiger partial charge in [-0.15, -0.1) is 0 Å². The number of pyridine rings is 1. The van der Waals surface area contributed by atoms with Crippen LogP contribution in [0.25, 0.3) is 22.5 Å². The van der Waals surface area contributed by atoms with Gasteiger partial charge in [-0.1, -0.05) is 0 Å². The average Bonchev–Trinajstić information content (AvgIpc) is 3.59. The molecule has 0 radical (unpaired) electrons. The van der Waals surface area contributed by atoms with E-state index in [1.54, 1.807) is 23.1 Å². The minimum absolute atomic E-state index is 0.246. The van der Waals surface area contributed by atoms with E-state index >= 15 is 0 Å². The summed E-state index contributed by atoms with van der Waals surface area (Å²) in [6.07, 6.45) is 6.59. The quantitative estimate of drug-likeness (QED) is 0.377. The largest absolute Gasteiger partial charge is 0.423 e. The first-order valence-electron chi connectivity index (χ1n) is 12.4. The lowest BCUT2D eigenvalue weighted by Crippen LogP contribution is -2.41. The Hall–Kier alpha value is -4.12. The Labute approximate surface area is 212 Å². The maximum atomic E-state index is 14.6. The van der Waals surface area contributed by atoms with E-state index in [1.165, 1.54) is 18.8 Å². The van der Waals surface area contributed by atoms with Crippen LogP contribution in [0.3, 0.4) is 0 Å². The van der Waals surface area contributed by atoms with Crippen LogP contribution >= 0.6 is 0 Å². The summed E-state index contributed by atoms with van der Waals surface area (Å²) >= 11 is 0. The first-order valence-corrected chi connectivity index (χ1v) is 12.4. The van der Waals surface area contributed by atoms with E-state index in [9.17, 15) is 4.39 Å². The second kappa shape index (κ2) is 8.48. The van der Waals surface area contributed by atoms with E-state index in [2.05, 4.69) is 30.6 Å². The van der Waals surface area contributed by atoms with Crippen LogP contribution in [0.4, 0.5) is 15.9 Å². The number of ether oxygens (including phenoxy) is 1. The Bertz CT molecular complexity index is 1510. The third kappa shape index (κ3) is 3.77. The van der Waals surface area contributed by atoms with E-state index in [1.807, 2.05) is 20.2 Å². The lowest BCUT2D eigenvalue weighted by atomic mass is 9.98. The first kappa shape index (κ1) is 22.1. The van der Waals surface area contributed by atoms with Gasteiger partial charge in [-0.3, -0.25) is 4.98 Å². The normalized spacial score (nSPS) is 19.6. The third-order valence-electron chi connectivity index (χ3n) is 7.47. The van der Waals surface area contributed by atoms with Gasteiger partial charge >= 0.3 is 6.01 Å². The number of benzene rings is 1. The molecule has 0 spiro atoms. The minimum Gasteiger partial charge on any atom is -0.423 e. The third-order valence-corrected chi connectivity index (χ3v) is 7.47. The number of anilines is 2. The molecule has 4 aromatic rings. The summed E-state index contributed by atoms with van der Waals surface area (Å²) in [6, 6.07) is 5.64. The highest BCUT2D eigenvalue weighted by Gasteiger charge is 2.37. The summed E-state index contributed by atoms with van der Waals surface area (Å²) in [4.78, 5) is 20.6. The van der Waals surface area contributed by atoms with Gasteiger partial charge in [-0.2, -0.15) is 15.1 Å². The number of rotatable bonds is 5. The van der Waals surface area contributed by atoms with Gasteiger partial charge in [0.1, 0.15) is 23.7 Å². The van der Waals surface area contributed by atoms with Gasteiger partial charge < -0.3 is 20.3 Å². The number of aryl methyl sites for hydroxylation is 1. The average molecular weight is 500 g/mol. The Morgan fingerprint density at radius 1 is 1.16 bits per heavy atom. The fourth-order valence-corrected chi connectivity index (χ4v) is 5.86. The van der Waals surface area contributed by atoms with Crippen molar-refractivity contribution in [3.63, 3.8) is 0 Å². The topological polar surface area (TPSA) is 106 Å². The molecule has 10 nitrogen and oxygen atoms in total. The Morgan fingerprint density at radius 3 is 2.89 bits per heavy atom. The fourth-order valence-electron chi connectivity index (χ4n) is 5.86. The van der Waals surface area contributed by atoms with Crippen molar-refractivity contribution in [3.8, 4) is 34.3 Å².